The topological polar surface area (TPSA) is 70.7 Å². The molecule has 4 aromatic carbocycles. The van der Waals surface area contributed by atoms with Gasteiger partial charge in [0.2, 0.25) is 5.91 Å². The summed E-state index contributed by atoms with van der Waals surface area (Å²) >= 11 is 0. The van der Waals surface area contributed by atoms with Gasteiger partial charge in [0.05, 0.1) is 6.54 Å². The van der Waals surface area contributed by atoms with Crippen molar-refractivity contribution < 1.29 is 14.3 Å². The van der Waals surface area contributed by atoms with Gasteiger partial charge in [-0.25, -0.2) is 0 Å². The number of nitrogens with zero attached hydrogens (tertiary/aromatic N) is 1. The van der Waals surface area contributed by atoms with Crippen LogP contribution in [0.2, 0.25) is 0 Å². The van der Waals surface area contributed by atoms with Crippen LogP contribution in [0.1, 0.15) is 15.9 Å². The molecular formula is C29H27N3O3. The number of carbonyl (C=O) groups is 2. The molecule has 0 aliphatic rings. The van der Waals surface area contributed by atoms with Gasteiger partial charge in [0.15, 0.2) is 0 Å². The van der Waals surface area contributed by atoms with Crippen LogP contribution in [0.5, 0.6) is 11.5 Å². The lowest BCUT2D eigenvalue weighted by molar-refractivity contribution is -0.114. The summed E-state index contributed by atoms with van der Waals surface area (Å²) in [7, 11) is 1.78. The first-order chi connectivity index (χ1) is 17.1. The van der Waals surface area contributed by atoms with Gasteiger partial charge in [-0.05, 0) is 60.2 Å². The molecule has 6 heteroatoms. The Kier molecular flexibility index (Phi) is 7.76. The summed E-state index contributed by atoms with van der Waals surface area (Å²) in [6.45, 7) is 0.592. The third-order valence-electron chi connectivity index (χ3n) is 5.29. The third kappa shape index (κ3) is 6.95. The molecule has 0 heterocycles. The van der Waals surface area contributed by atoms with E-state index in [-0.39, 0.29) is 18.4 Å². The van der Waals surface area contributed by atoms with Crippen LogP contribution in [0.3, 0.4) is 0 Å². The fourth-order valence-electron chi connectivity index (χ4n) is 3.53. The van der Waals surface area contributed by atoms with E-state index in [1.807, 2.05) is 66.7 Å². The van der Waals surface area contributed by atoms with Crippen molar-refractivity contribution >= 4 is 23.2 Å². The Bertz CT molecular complexity index is 1260. The quantitative estimate of drug-likeness (QED) is 0.328. The van der Waals surface area contributed by atoms with Crippen LogP contribution < -0.4 is 15.4 Å². The predicted molar refractivity (Wildman–Crippen MR) is 139 cm³/mol. The largest absolute Gasteiger partial charge is 0.457 e. The van der Waals surface area contributed by atoms with Crippen molar-refractivity contribution in [2.75, 3.05) is 24.2 Å². The maximum atomic E-state index is 12.8. The molecule has 4 rings (SSSR count). The van der Waals surface area contributed by atoms with Gasteiger partial charge in [-0.1, -0.05) is 54.6 Å². The smallest absolute Gasteiger partial charge is 0.253 e. The molecule has 35 heavy (non-hydrogen) atoms. The highest BCUT2D eigenvalue weighted by Crippen LogP contribution is 2.22. The summed E-state index contributed by atoms with van der Waals surface area (Å²) in [4.78, 5) is 26.9. The molecule has 2 amide bonds. The van der Waals surface area contributed by atoms with Gasteiger partial charge < -0.3 is 20.3 Å². The Morgan fingerprint density at radius 1 is 0.743 bits per heavy atom. The molecular weight excluding hydrogens is 438 g/mol. The van der Waals surface area contributed by atoms with Crippen molar-refractivity contribution in [3.8, 4) is 11.5 Å². The number of ether oxygens (including phenoxy) is 1. The number of rotatable bonds is 9. The number of anilines is 2. The molecule has 0 radical (unpaired) electrons. The SMILES string of the molecule is CN(Cc1ccccc1)C(=O)c1cccc(NCC(=O)Nc2ccc(Oc3ccccc3)cc2)c1. The number of benzene rings is 4. The summed E-state index contributed by atoms with van der Waals surface area (Å²) in [5, 5.41) is 5.94. The van der Waals surface area contributed by atoms with Crippen molar-refractivity contribution in [2.24, 2.45) is 0 Å². The first-order valence-electron chi connectivity index (χ1n) is 11.3. The average molecular weight is 466 g/mol. The van der Waals surface area contributed by atoms with Crippen molar-refractivity contribution in [3.63, 3.8) is 0 Å². The normalized spacial score (nSPS) is 10.3. The van der Waals surface area contributed by atoms with E-state index in [2.05, 4.69) is 10.6 Å². The fourth-order valence-corrected chi connectivity index (χ4v) is 3.53. The van der Waals surface area contributed by atoms with Crippen LogP contribution in [0.15, 0.2) is 109 Å². The second-order valence-electron chi connectivity index (χ2n) is 8.07. The van der Waals surface area contributed by atoms with Crippen LogP contribution in [-0.2, 0) is 11.3 Å². The lowest BCUT2D eigenvalue weighted by Crippen LogP contribution is -2.26. The molecule has 4 aromatic rings. The van der Waals surface area contributed by atoms with Crippen LogP contribution in [-0.4, -0.2) is 30.3 Å². The predicted octanol–water partition coefficient (Wildman–Crippen LogP) is 5.80. The van der Waals surface area contributed by atoms with Crippen molar-refractivity contribution in [1.29, 1.82) is 0 Å². The third-order valence-corrected chi connectivity index (χ3v) is 5.29. The minimum absolute atomic E-state index is 0.0692. The summed E-state index contributed by atoms with van der Waals surface area (Å²) in [5.41, 5.74) is 2.99. The number of hydrogen-bond donors (Lipinski definition) is 2. The molecule has 0 aliphatic carbocycles. The number of para-hydroxylation sites is 1. The van der Waals surface area contributed by atoms with Crippen molar-refractivity contribution in [2.45, 2.75) is 6.54 Å². The van der Waals surface area contributed by atoms with Gasteiger partial charge in [0.1, 0.15) is 11.5 Å². The summed E-state index contributed by atoms with van der Waals surface area (Å²) in [6, 6.07) is 33.7. The maximum Gasteiger partial charge on any atom is 0.253 e. The Morgan fingerprint density at radius 2 is 1.40 bits per heavy atom. The zero-order valence-electron chi connectivity index (χ0n) is 19.5. The summed E-state index contributed by atoms with van der Waals surface area (Å²) in [5.74, 6) is 1.16. The number of nitrogens with one attached hydrogen (secondary N) is 2. The van der Waals surface area contributed by atoms with Crippen LogP contribution in [0.25, 0.3) is 0 Å². The first-order valence-corrected chi connectivity index (χ1v) is 11.3. The van der Waals surface area contributed by atoms with Gasteiger partial charge in [-0.15, -0.1) is 0 Å². The van der Waals surface area contributed by atoms with E-state index >= 15 is 0 Å². The minimum Gasteiger partial charge on any atom is -0.457 e. The van der Waals surface area contributed by atoms with Crippen LogP contribution in [0.4, 0.5) is 11.4 Å². The highest BCUT2D eigenvalue weighted by Gasteiger charge is 2.13. The monoisotopic (exact) mass is 465 g/mol. The second-order valence-corrected chi connectivity index (χ2v) is 8.07. The van der Waals surface area contributed by atoms with Gasteiger partial charge in [-0.3, -0.25) is 9.59 Å². The van der Waals surface area contributed by atoms with Gasteiger partial charge in [0, 0.05) is 30.5 Å². The Balaban J connectivity index is 1.28. The molecule has 0 aliphatic heterocycles. The van der Waals surface area contributed by atoms with E-state index in [1.165, 1.54) is 0 Å². The molecule has 6 nitrogen and oxygen atoms in total. The molecule has 0 saturated carbocycles. The fraction of sp³-hybridized carbons (Fsp3) is 0.103. The van der Waals surface area contributed by atoms with E-state index in [4.69, 9.17) is 4.74 Å². The van der Waals surface area contributed by atoms with Gasteiger partial charge >= 0.3 is 0 Å². The highest BCUT2D eigenvalue weighted by molar-refractivity contribution is 5.96. The molecule has 0 saturated heterocycles. The van der Waals surface area contributed by atoms with Crippen molar-refractivity contribution in [1.82, 2.24) is 4.90 Å². The Labute approximate surface area is 205 Å². The van der Waals surface area contributed by atoms with E-state index in [0.717, 1.165) is 11.3 Å². The number of carbonyl (C=O) groups excluding carboxylic acids is 2. The Hall–Kier alpha value is -4.58. The van der Waals surface area contributed by atoms with Crippen LogP contribution >= 0.6 is 0 Å². The molecule has 2 N–H and O–H groups in total. The molecule has 0 spiro atoms. The minimum atomic E-state index is -0.195. The molecule has 0 fully saturated rings. The van der Waals surface area contributed by atoms with E-state index in [0.29, 0.717) is 29.2 Å². The van der Waals surface area contributed by atoms with Crippen LogP contribution in [0, 0.1) is 0 Å². The van der Waals surface area contributed by atoms with Gasteiger partial charge in [-0.2, -0.15) is 0 Å². The molecule has 0 aromatic heterocycles. The Morgan fingerprint density at radius 3 is 2.11 bits per heavy atom. The average Bonchev–Trinajstić information content (AvgIpc) is 2.89. The first kappa shape index (κ1) is 23.6. The summed E-state index contributed by atoms with van der Waals surface area (Å²) < 4.78 is 5.77. The van der Waals surface area contributed by atoms with E-state index in [9.17, 15) is 9.59 Å². The van der Waals surface area contributed by atoms with Crippen molar-refractivity contribution in [3.05, 3.63) is 120 Å². The highest BCUT2D eigenvalue weighted by atomic mass is 16.5. The second kappa shape index (κ2) is 11.5. The summed E-state index contributed by atoms with van der Waals surface area (Å²) in [6.07, 6.45) is 0. The van der Waals surface area contributed by atoms with E-state index in [1.54, 1.807) is 54.4 Å². The molecule has 176 valence electrons. The van der Waals surface area contributed by atoms with Gasteiger partial charge in [0.25, 0.3) is 5.91 Å². The number of hydrogen-bond acceptors (Lipinski definition) is 4. The number of amides is 2. The molecule has 0 unspecified atom stereocenters. The maximum absolute atomic E-state index is 12.8. The molecule has 0 atom stereocenters. The lowest BCUT2D eigenvalue weighted by Gasteiger charge is -2.18. The lowest BCUT2D eigenvalue weighted by atomic mass is 10.1. The standard InChI is InChI=1S/C29H27N3O3/c1-32(21-22-9-4-2-5-10-22)29(34)23-11-8-12-25(19-23)30-20-28(33)31-24-15-17-27(18-16-24)35-26-13-6-3-7-14-26/h2-19,30H,20-21H2,1H3,(H,31,33). The zero-order valence-corrected chi connectivity index (χ0v) is 19.5. The molecule has 0 bridgehead atoms. The zero-order chi connectivity index (χ0) is 24.5. The van der Waals surface area contributed by atoms with E-state index < -0.39 is 0 Å².